The molecule has 0 aliphatic carbocycles. The highest BCUT2D eigenvalue weighted by Gasteiger charge is 2.17. The molecule has 0 N–H and O–H groups in total. The van der Waals surface area contributed by atoms with Gasteiger partial charge < -0.3 is 4.90 Å². The van der Waals surface area contributed by atoms with E-state index in [1.54, 1.807) is 6.20 Å². The topological polar surface area (TPSA) is 33.2 Å². The quantitative estimate of drug-likeness (QED) is 0.764. The molecule has 1 aliphatic rings. The fraction of sp³-hybridized carbons (Fsp3) is 0.600. The summed E-state index contributed by atoms with van der Waals surface area (Å²) in [6.45, 7) is 4.45. The van der Waals surface area contributed by atoms with Crippen molar-refractivity contribution in [1.29, 1.82) is 0 Å². The van der Waals surface area contributed by atoms with E-state index in [4.69, 9.17) is 0 Å². The fourth-order valence-electron chi connectivity index (χ4n) is 2.75. The summed E-state index contributed by atoms with van der Waals surface area (Å²) in [5, 5.41) is 0. The van der Waals surface area contributed by atoms with Crippen LogP contribution in [0.3, 0.4) is 0 Å². The van der Waals surface area contributed by atoms with Crippen LogP contribution in [-0.4, -0.2) is 24.4 Å². The number of anilines is 1. The summed E-state index contributed by atoms with van der Waals surface area (Å²) < 4.78 is 0. The Morgan fingerprint density at radius 3 is 2.94 bits per heavy atom. The van der Waals surface area contributed by atoms with E-state index in [0.29, 0.717) is 5.56 Å². The Balaban J connectivity index is 1.98. The third-order valence-corrected chi connectivity index (χ3v) is 3.78. The zero-order valence-electron chi connectivity index (χ0n) is 11.1. The van der Waals surface area contributed by atoms with Gasteiger partial charge in [0.15, 0.2) is 6.29 Å². The lowest BCUT2D eigenvalue weighted by molar-refractivity contribution is 0.112. The van der Waals surface area contributed by atoms with E-state index >= 15 is 0 Å². The number of hydrogen-bond donors (Lipinski definition) is 0. The van der Waals surface area contributed by atoms with E-state index in [-0.39, 0.29) is 0 Å². The SMILES string of the molecule is CCCC1CCCN(c2ccc(C=O)cn2)CC1. The Morgan fingerprint density at radius 1 is 1.39 bits per heavy atom. The van der Waals surface area contributed by atoms with E-state index in [9.17, 15) is 4.79 Å². The molecule has 2 rings (SSSR count). The van der Waals surface area contributed by atoms with Crippen LogP contribution in [0.2, 0.25) is 0 Å². The molecule has 0 bridgehead atoms. The van der Waals surface area contributed by atoms with Gasteiger partial charge in [-0.15, -0.1) is 0 Å². The van der Waals surface area contributed by atoms with Gasteiger partial charge in [-0.05, 0) is 37.3 Å². The molecule has 1 aromatic heterocycles. The minimum absolute atomic E-state index is 0.650. The third kappa shape index (κ3) is 3.31. The standard InChI is InChI=1S/C15H22N2O/c1-2-4-13-5-3-9-17(10-8-13)15-7-6-14(12-18)11-16-15/h6-7,11-13H,2-5,8-10H2,1H3. The molecular weight excluding hydrogens is 224 g/mol. The van der Waals surface area contributed by atoms with Crippen LogP contribution < -0.4 is 4.90 Å². The van der Waals surface area contributed by atoms with Gasteiger partial charge in [0.25, 0.3) is 0 Å². The molecule has 0 radical (unpaired) electrons. The maximum Gasteiger partial charge on any atom is 0.151 e. The first-order valence-corrected chi connectivity index (χ1v) is 6.99. The Bertz CT molecular complexity index is 375. The molecule has 3 nitrogen and oxygen atoms in total. The van der Waals surface area contributed by atoms with Gasteiger partial charge in [0.2, 0.25) is 0 Å². The van der Waals surface area contributed by atoms with Crippen molar-refractivity contribution in [3.63, 3.8) is 0 Å². The molecule has 0 amide bonds. The van der Waals surface area contributed by atoms with Crippen molar-refractivity contribution in [2.24, 2.45) is 5.92 Å². The number of carbonyl (C=O) groups excluding carboxylic acids is 1. The maximum atomic E-state index is 10.6. The lowest BCUT2D eigenvalue weighted by Gasteiger charge is -2.21. The first-order chi connectivity index (χ1) is 8.83. The second-order valence-corrected chi connectivity index (χ2v) is 5.14. The Labute approximate surface area is 109 Å². The number of carbonyl (C=O) groups is 1. The Hall–Kier alpha value is -1.38. The molecule has 1 unspecified atom stereocenters. The molecule has 18 heavy (non-hydrogen) atoms. The van der Waals surface area contributed by atoms with Gasteiger partial charge in [-0.25, -0.2) is 4.98 Å². The van der Waals surface area contributed by atoms with Crippen LogP contribution >= 0.6 is 0 Å². The highest BCUT2D eigenvalue weighted by molar-refractivity contribution is 5.74. The van der Waals surface area contributed by atoms with Crippen molar-refractivity contribution in [2.45, 2.75) is 39.0 Å². The van der Waals surface area contributed by atoms with Crippen LogP contribution in [0, 0.1) is 5.92 Å². The summed E-state index contributed by atoms with van der Waals surface area (Å²) in [5.74, 6) is 1.90. The minimum atomic E-state index is 0.650. The molecule has 1 aliphatic heterocycles. The summed E-state index contributed by atoms with van der Waals surface area (Å²) >= 11 is 0. The van der Waals surface area contributed by atoms with Crippen LogP contribution in [0.4, 0.5) is 5.82 Å². The van der Waals surface area contributed by atoms with E-state index in [1.807, 2.05) is 12.1 Å². The summed E-state index contributed by atoms with van der Waals surface area (Å²) in [6, 6.07) is 3.81. The van der Waals surface area contributed by atoms with E-state index in [1.165, 1.54) is 32.1 Å². The molecule has 2 heterocycles. The largest absolute Gasteiger partial charge is 0.357 e. The van der Waals surface area contributed by atoms with Crippen molar-refractivity contribution in [1.82, 2.24) is 4.98 Å². The predicted octanol–water partition coefficient (Wildman–Crippen LogP) is 3.30. The van der Waals surface area contributed by atoms with E-state index in [0.717, 1.165) is 31.1 Å². The van der Waals surface area contributed by atoms with Crippen molar-refractivity contribution in [3.8, 4) is 0 Å². The van der Waals surface area contributed by atoms with Crippen LogP contribution in [0.5, 0.6) is 0 Å². The molecular formula is C15H22N2O. The number of aromatic nitrogens is 1. The molecule has 1 atom stereocenters. The van der Waals surface area contributed by atoms with Gasteiger partial charge >= 0.3 is 0 Å². The summed E-state index contributed by atoms with van der Waals surface area (Å²) in [5.41, 5.74) is 0.650. The van der Waals surface area contributed by atoms with E-state index in [2.05, 4.69) is 16.8 Å². The van der Waals surface area contributed by atoms with E-state index < -0.39 is 0 Å². The smallest absolute Gasteiger partial charge is 0.151 e. The lowest BCUT2D eigenvalue weighted by atomic mass is 9.96. The highest BCUT2D eigenvalue weighted by Crippen LogP contribution is 2.24. The lowest BCUT2D eigenvalue weighted by Crippen LogP contribution is -2.25. The monoisotopic (exact) mass is 246 g/mol. The number of hydrogen-bond acceptors (Lipinski definition) is 3. The van der Waals surface area contributed by atoms with Gasteiger partial charge in [0.05, 0.1) is 0 Å². The molecule has 3 heteroatoms. The molecule has 0 spiro atoms. The summed E-state index contributed by atoms with van der Waals surface area (Å²) in [4.78, 5) is 17.3. The zero-order valence-corrected chi connectivity index (χ0v) is 11.1. The van der Waals surface area contributed by atoms with Crippen molar-refractivity contribution < 1.29 is 4.79 Å². The van der Waals surface area contributed by atoms with Crippen LogP contribution in [0.15, 0.2) is 18.3 Å². The average Bonchev–Trinajstić information content (AvgIpc) is 2.65. The zero-order chi connectivity index (χ0) is 12.8. The van der Waals surface area contributed by atoms with Crippen molar-refractivity contribution >= 4 is 12.1 Å². The number of rotatable bonds is 4. The number of pyridine rings is 1. The van der Waals surface area contributed by atoms with Gasteiger partial charge in [-0.1, -0.05) is 19.8 Å². The van der Waals surface area contributed by atoms with Crippen LogP contribution in [-0.2, 0) is 0 Å². The molecule has 98 valence electrons. The van der Waals surface area contributed by atoms with Crippen LogP contribution in [0.1, 0.15) is 49.4 Å². The molecule has 1 saturated heterocycles. The van der Waals surface area contributed by atoms with Crippen LogP contribution in [0.25, 0.3) is 0 Å². The number of nitrogens with zero attached hydrogens (tertiary/aromatic N) is 2. The third-order valence-electron chi connectivity index (χ3n) is 3.78. The minimum Gasteiger partial charge on any atom is -0.357 e. The normalized spacial score (nSPS) is 20.5. The maximum absolute atomic E-state index is 10.6. The Morgan fingerprint density at radius 2 is 2.28 bits per heavy atom. The van der Waals surface area contributed by atoms with Gasteiger partial charge in [-0.2, -0.15) is 0 Å². The summed E-state index contributed by atoms with van der Waals surface area (Å²) in [6.07, 6.45) is 9.01. The first-order valence-electron chi connectivity index (χ1n) is 6.99. The fourth-order valence-corrected chi connectivity index (χ4v) is 2.75. The van der Waals surface area contributed by atoms with Gasteiger partial charge in [-0.3, -0.25) is 4.79 Å². The van der Waals surface area contributed by atoms with Gasteiger partial charge in [0, 0.05) is 24.8 Å². The van der Waals surface area contributed by atoms with Crippen molar-refractivity contribution in [2.75, 3.05) is 18.0 Å². The average molecular weight is 246 g/mol. The molecule has 1 aromatic rings. The molecule has 0 aromatic carbocycles. The molecule has 1 fully saturated rings. The predicted molar refractivity (Wildman–Crippen MR) is 74.1 cm³/mol. The highest BCUT2D eigenvalue weighted by atomic mass is 16.1. The van der Waals surface area contributed by atoms with Gasteiger partial charge in [0.1, 0.15) is 5.82 Å². The second kappa shape index (κ2) is 6.53. The first kappa shape index (κ1) is 13.1. The second-order valence-electron chi connectivity index (χ2n) is 5.14. The Kier molecular flexibility index (Phi) is 4.73. The molecule has 0 saturated carbocycles. The summed E-state index contributed by atoms with van der Waals surface area (Å²) in [7, 11) is 0. The van der Waals surface area contributed by atoms with Crippen molar-refractivity contribution in [3.05, 3.63) is 23.9 Å². The number of aldehydes is 1.